The molecule has 0 N–H and O–H groups in total. The number of halogens is 2. The lowest BCUT2D eigenvalue weighted by Crippen LogP contribution is -1.96. The highest BCUT2D eigenvalue weighted by Crippen LogP contribution is 2.25. The highest BCUT2D eigenvalue weighted by molar-refractivity contribution is 9.10. The van der Waals surface area contributed by atoms with Crippen LogP contribution in [0.5, 0.6) is 5.75 Å². The average molecular weight is 243 g/mol. The molecule has 0 spiro atoms. The lowest BCUT2D eigenvalue weighted by atomic mass is 10.3. The second-order valence-electron chi connectivity index (χ2n) is 2.38. The topological polar surface area (TPSA) is 9.23 Å². The van der Waals surface area contributed by atoms with Crippen molar-refractivity contribution in [3.8, 4) is 18.1 Å². The van der Waals surface area contributed by atoms with Crippen molar-refractivity contribution in [2.45, 2.75) is 6.42 Å². The van der Waals surface area contributed by atoms with E-state index in [0.717, 1.165) is 4.47 Å². The molecule has 0 aliphatic carbocycles. The summed E-state index contributed by atoms with van der Waals surface area (Å²) in [5.74, 6) is 2.60. The van der Waals surface area contributed by atoms with Gasteiger partial charge in [0.1, 0.15) is 11.6 Å². The Morgan fingerprint density at radius 1 is 1.54 bits per heavy atom. The Labute approximate surface area is 85.0 Å². The molecule has 1 rings (SSSR count). The van der Waals surface area contributed by atoms with Gasteiger partial charge in [0, 0.05) is 12.5 Å². The van der Waals surface area contributed by atoms with Crippen molar-refractivity contribution >= 4 is 15.9 Å². The maximum atomic E-state index is 12.7. The summed E-state index contributed by atoms with van der Waals surface area (Å²) >= 11 is 3.24. The average Bonchev–Trinajstić information content (AvgIpc) is 2.11. The van der Waals surface area contributed by atoms with Crippen LogP contribution in [-0.4, -0.2) is 6.61 Å². The number of hydrogen-bond acceptors (Lipinski definition) is 1. The van der Waals surface area contributed by atoms with Gasteiger partial charge in [-0.15, -0.1) is 12.3 Å². The molecule has 0 aliphatic rings. The summed E-state index contributed by atoms with van der Waals surface area (Å²) in [5.41, 5.74) is 0. The summed E-state index contributed by atoms with van der Waals surface area (Å²) in [7, 11) is 0. The first-order valence-electron chi connectivity index (χ1n) is 3.75. The summed E-state index contributed by atoms with van der Waals surface area (Å²) in [5, 5.41) is 0. The van der Waals surface area contributed by atoms with Crippen molar-refractivity contribution in [3.63, 3.8) is 0 Å². The molecule has 0 atom stereocenters. The zero-order valence-electron chi connectivity index (χ0n) is 6.89. The monoisotopic (exact) mass is 242 g/mol. The maximum absolute atomic E-state index is 12.7. The number of terminal acetylenes is 1. The minimum absolute atomic E-state index is 0.320. The Bertz CT molecular complexity index is 330. The van der Waals surface area contributed by atoms with Crippen molar-refractivity contribution in [2.24, 2.45) is 0 Å². The smallest absolute Gasteiger partial charge is 0.136 e. The van der Waals surface area contributed by atoms with Crippen molar-refractivity contribution in [1.82, 2.24) is 0 Å². The largest absolute Gasteiger partial charge is 0.491 e. The lowest BCUT2D eigenvalue weighted by Gasteiger charge is -2.05. The molecule has 1 aromatic carbocycles. The van der Waals surface area contributed by atoms with Gasteiger partial charge in [0.2, 0.25) is 0 Å². The third-order valence-electron chi connectivity index (χ3n) is 1.40. The van der Waals surface area contributed by atoms with Gasteiger partial charge in [-0.05, 0) is 28.1 Å². The first-order valence-corrected chi connectivity index (χ1v) is 4.54. The molecule has 0 unspecified atom stereocenters. The molecule has 0 fully saturated rings. The molecule has 1 aromatic rings. The molecular weight excluding hydrogens is 235 g/mol. The van der Waals surface area contributed by atoms with E-state index >= 15 is 0 Å². The molecule has 0 bridgehead atoms. The normalized spacial score (nSPS) is 9.31. The van der Waals surface area contributed by atoms with E-state index in [1.165, 1.54) is 12.1 Å². The van der Waals surface area contributed by atoms with Crippen LogP contribution >= 0.6 is 15.9 Å². The zero-order chi connectivity index (χ0) is 9.68. The number of ether oxygens (including phenoxy) is 1. The molecule has 0 aliphatic heterocycles. The zero-order valence-corrected chi connectivity index (χ0v) is 8.47. The molecule has 0 heterocycles. The molecule has 3 heteroatoms. The fourth-order valence-corrected chi connectivity index (χ4v) is 1.17. The van der Waals surface area contributed by atoms with E-state index in [4.69, 9.17) is 11.2 Å². The molecule has 1 nitrogen and oxygen atoms in total. The summed E-state index contributed by atoms with van der Waals surface area (Å²) < 4.78 is 18.7. The second-order valence-corrected chi connectivity index (χ2v) is 3.23. The van der Waals surface area contributed by atoms with Crippen LogP contribution in [0, 0.1) is 18.2 Å². The fraction of sp³-hybridized carbons (Fsp3) is 0.200. The van der Waals surface area contributed by atoms with E-state index in [2.05, 4.69) is 21.9 Å². The van der Waals surface area contributed by atoms with E-state index in [-0.39, 0.29) is 5.82 Å². The first-order chi connectivity index (χ1) is 6.24. The molecule has 0 saturated heterocycles. The minimum Gasteiger partial charge on any atom is -0.491 e. The summed E-state index contributed by atoms with van der Waals surface area (Å²) in [4.78, 5) is 0. The Balaban J connectivity index is 2.65. The van der Waals surface area contributed by atoms with E-state index in [1.807, 2.05) is 0 Å². The van der Waals surface area contributed by atoms with Crippen LogP contribution in [0.4, 0.5) is 4.39 Å². The van der Waals surface area contributed by atoms with Crippen molar-refractivity contribution in [2.75, 3.05) is 6.61 Å². The number of hydrogen-bond donors (Lipinski definition) is 0. The van der Waals surface area contributed by atoms with Crippen LogP contribution in [0.15, 0.2) is 22.7 Å². The van der Waals surface area contributed by atoms with Gasteiger partial charge in [0.25, 0.3) is 0 Å². The molecule has 68 valence electrons. The summed E-state index contributed by atoms with van der Waals surface area (Å²) in [6.45, 7) is 0.401. The standard InChI is InChI=1S/C10H8BrFO/c1-2-3-6-13-10-7-8(12)4-5-9(10)11/h1,4-5,7H,3,6H2. The molecule has 0 radical (unpaired) electrons. The highest BCUT2D eigenvalue weighted by atomic mass is 79.9. The van der Waals surface area contributed by atoms with Gasteiger partial charge in [0.15, 0.2) is 0 Å². The molecular formula is C10H8BrFO. The van der Waals surface area contributed by atoms with Gasteiger partial charge in [-0.1, -0.05) is 0 Å². The predicted molar refractivity (Wildman–Crippen MR) is 53.0 cm³/mol. The SMILES string of the molecule is C#CCCOc1cc(F)ccc1Br. The van der Waals surface area contributed by atoms with Gasteiger partial charge < -0.3 is 4.74 Å². The predicted octanol–water partition coefficient (Wildman–Crippen LogP) is 2.99. The van der Waals surface area contributed by atoms with Crippen LogP contribution < -0.4 is 4.74 Å². The van der Waals surface area contributed by atoms with E-state index < -0.39 is 0 Å². The van der Waals surface area contributed by atoms with Crippen LogP contribution in [-0.2, 0) is 0 Å². The molecule has 0 aromatic heterocycles. The van der Waals surface area contributed by atoms with E-state index in [9.17, 15) is 4.39 Å². The Morgan fingerprint density at radius 3 is 3.00 bits per heavy atom. The van der Waals surface area contributed by atoms with Crippen LogP contribution in [0.1, 0.15) is 6.42 Å². The van der Waals surface area contributed by atoms with Crippen molar-refractivity contribution < 1.29 is 9.13 Å². The van der Waals surface area contributed by atoms with Gasteiger partial charge in [-0.25, -0.2) is 4.39 Å². The maximum Gasteiger partial charge on any atom is 0.136 e. The van der Waals surface area contributed by atoms with Crippen LogP contribution in [0.25, 0.3) is 0 Å². The quantitative estimate of drug-likeness (QED) is 0.585. The van der Waals surface area contributed by atoms with Crippen LogP contribution in [0.3, 0.4) is 0 Å². The van der Waals surface area contributed by atoms with Gasteiger partial charge in [-0.3, -0.25) is 0 Å². The molecule has 13 heavy (non-hydrogen) atoms. The van der Waals surface area contributed by atoms with Crippen molar-refractivity contribution in [3.05, 3.63) is 28.5 Å². The van der Waals surface area contributed by atoms with E-state index in [0.29, 0.717) is 18.8 Å². The number of benzene rings is 1. The Morgan fingerprint density at radius 2 is 2.31 bits per heavy atom. The first kappa shape index (κ1) is 10.1. The lowest BCUT2D eigenvalue weighted by molar-refractivity contribution is 0.323. The molecule has 0 saturated carbocycles. The molecule has 0 amide bonds. The van der Waals surface area contributed by atoms with E-state index in [1.54, 1.807) is 6.07 Å². The van der Waals surface area contributed by atoms with Crippen LogP contribution in [0.2, 0.25) is 0 Å². The summed E-state index contributed by atoms with van der Waals surface area (Å²) in [6, 6.07) is 4.28. The third-order valence-corrected chi connectivity index (χ3v) is 2.05. The van der Waals surface area contributed by atoms with Gasteiger partial charge >= 0.3 is 0 Å². The second kappa shape index (κ2) is 4.88. The summed E-state index contributed by atoms with van der Waals surface area (Å²) in [6.07, 6.45) is 5.56. The Hall–Kier alpha value is -1.01. The fourth-order valence-electron chi connectivity index (χ4n) is 0.808. The number of rotatable bonds is 3. The van der Waals surface area contributed by atoms with Gasteiger partial charge in [-0.2, -0.15) is 0 Å². The Kier molecular flexibility index (Phi) is 3.78. The highest BCUT2D eigenvalue weighted by Gasteiger charge is 2.01. The van der Waals surface area contributed by atoms with Crippen molar-refractivity contribution in [1.29, 1.82) is 0 Å². The third kappa shape index (κ3) is 3.08. The minimum atomic E-state index is -0.320. The van der Waals surface area contributed by atoms with Gasteiger partial charge in [0.05, 0.1) is 11.1 Å².